The summed E-state index contributed by atoms with van der Waals surface area (Å²) >= 11 is 0. The Morgan fingerprint density at radius 1 is 0.517 bits per heavy atom. The van der Waals surface area contributed by atoms with E-state index in [0.717, 1.165) is 18.4 Å². The van der Waals surface area contributed by atoms with E-state index >= 15 is 0 Å². The molecule has 9 aliphatic rings. The molecular formula is C60H102O29. The second-order valence-electron chi connectivity index (χ2n) is 28.7. The van der Waals surface area contributed by atoms with E-state index in [-0.39, 0.29) is 35.5 Å². The van der Waals surface area contributed by atoms with Gasteiger partial charge in [0.25, 0.3) is 0 Å². The fourth-order valence-electron chi connectivity index (χ4n) is 17.1. The highest BCUT2D eigenvalue weighted by molar-refractivity contribution is 5.32. The van der Waals surface area contributed by atoms with Gasteiger partial charge in [0.05, 0.1) is 56.9 Å². The molecule has 516 valence electrons. The van der Waals surface area contributed by atoms with Crippen molar-refractivity contribution in [2.75, 3.05) is 33.0 Å². The molecule has 0 aromatic rings. The van der Waals surface area contributed by atoms with Crippen molar-refractivity contribution in [3.05, 3.63) is 11.6 Å². The van der Waals surface area contributed by atoms with Crippen LogP contribution in [0.2, 0.25) is 0 Å². The first-order valence-corrected chi connectivity index (χ1v) is 31.6. The Balaban J connectivity index is 0.908. The van der Waals surface area contributed by atoms with Gasteiger partial charge in [-0.2, -0.15) is 0 Å². The molecule has 8 fully saturated rings. The Kier molecular flexibility index (Phi) is 22.3. The van der Waals surface area contributed by atoms with Crippen molar-refractivity contribution in [2.45, 2.75) is 284 Å². The van der Waals surface area contributed by atoms with E-state index in [1.807, 2.05) is 13.8 Å². The summed E-state index contributed by atoms with van der Waals surface area (Å²) in [4.78, 5) is 0. The van der Waals surface area contributed by atoms with Gasteiger partial charge in [-0.25, -0.2) is 0 Å². The molecule has 0 amide bonds. The van der Waals surface area contributed by atoms with Gasteiger partial charge in [-0.3, -0.25) is 0 Å². The van der Waals surface area contributed by atoms with E-state index in [9.17, 15) is 97.0 Å². The van der Waals surface area contributed by atoms with Gasteiger partial charge >= 0.3 is 0 Å². The third-order valence-corrected chi connectivity index (χ3v) is 22.9. The van der Waals surface area contributed by atoms with Crippen molar-refractivity contribution in [1.29, 1.82) is 0 Å². The Morgan fingerprint density at radius 2 is 0.966 bits per heavy atom. The first kappa shape index (κ1) is 71.9. The van der Waals surface area contributed by atoms with Crippen LogP contribution >= 0.6 is 0 Å². The maximum atomic E-state index is 12.9. The van der Waals surface area contributed by atoms with Crippen LogP contribution in [0.5, 0.6) is 0 Å². The third-order valence-electron chi connectivity index (χ3n) is 22.9. The molecule has 0 aromatic carbocycles. The highest BCUT2D eigenvalue weighted by Gasteiger charge is 2.71. The highest BCUT2D eigenvalue weighted by Crippen LogP contribution is 2.75. The minimum absolute atomic E-state index is 0.0128. The molecule has 3 saturated carbocycles. The van der Waals surface area contributed by atoms with E-state index in [1.165, 1.54) is 13.8 Å². The molecule has 5 heterocycles. The van der Waals surface area contributed by atoms with Gasteiger partial charge in [-0.15, -0.1) is 0 Å². The van der Waals surface area contributed by atoms with Crippen LogP contribution in [0, 0.1) is 45.3 Å². The molecule has 0 spiro atoms. The van der Waals surface area contributed by atoms with Crippen molar-refractivity contribution < 1.29 is 144 Å². The van der Waals surface area contributed by atoms with Gasteiger partial charge in [-0.1, -0.05) is 53.2 Å². The lowest BCUT2D eigenvalue weighted by atomic mass is 9.38. The largest absolute Gasteiger partial charge is 0.394 e. The van der Waals surface area contributed by atoms with E-state index in [4.69, 9.17) is 47.4 Å². The lowest BCUT2D eigenvalue weighted by Crippen LogP contribution is -2.66. The fraction of sp³-hybridized carbons (Fsp3) is 0.967. The molecule has 9 rings (SSSR count). The number of allylic oxidation sites excluding steroid dienone is 1. The summed E-state index contributed by atoms with van der Waals surface area (Å²) in [5, 5.41) is 205. The minimum Gasteiger partial charge on any atom is -0.394 e. The van der Waals surface area contributed by atoms with Gasteiger partial charge in [0.2, 0.25) is 0 Å². The number of hydrogen-bond acceptors (Lipinski definition) is 29. The maximum absolute atomic E-state index is 12.9. The van der Waals surface area contributed by atoms with Crippen molar-refractivity contribution in [3.63, 3.8) is 0 Å². The van der Waals surface area contributed by atoms with Gasteiger partial charge in [0.1, 0.15) is 122 Å². The van der Waals surface area contributed by atoms with Crippen LogP contribution in [0.15, 0.2) is 11.6 Å². The molecule has 89 heavy (non-hydrogen) atoms. The number of aliphatic hydroxyl groups is 19. The Hall–Kier alpha value is -1.42. The first-order valence-electron chi connectivity index (χ1n) is 31.6. The summed E-state index contributed by atoms with van der Waals surface area (Å²) in [6.45, 7) is 12.3. The Labute approximate surface area is 517 Å². The lowest BCUT2D eigenvalue weighted by molar-refractivity contribution is -0.380. The molecule has 29 heteroatoms. The number of hydrogen-bond donors (Lipinski definition) is 19. The summed E-state index contributed by atoms with van der Waals surface area (Å²) in [5.74, 6) is -0.0822. The van der Waals surface area contributed by atoms with Gasteiger partial charge in [-0.05, 0) is 99.7 Å². The quantitative estimate of drug-likeness (QED) is 0.0506. The Bertz CT molecular complexity index is 2340. The highest BCUT2D eigenvalue weighted by atomic mass is 16.8. The van der Waals surface area contributed by atoms with Crippen LogP contribution in [-0.2, 0) is 47.4 Å². The monoisotopic (exact) mass is 1290 g/mol. The number of fused-ring (bicyclic) bond motifs is 5. The topological polar surface area (TPSA) is 477 Å². The second kappa shape index (κ2) is 27.6. The number of rotatable bonds is 20. The maximum Gasteiger partial charge on any atom is 0.187 e. The number of aliphatic hydroxyl groups excluding tert-OH is 18. The zero-order valence-electron chi connectivity index (χ0n) is 51.8. The molecule has 29 nitrogen and oxygen atoms in total. The van der Waals surface area contributed by atoms with Crippen LogP contribution in [0.1, 0.15) is 107 Å². The molecule has 4 aliphatic carbocycles. The van der Waals surface area contributed by atoms with Crippen molar-refractivity contribution >= 4 is 0 Å². The molecular weight excluding hydrogens is 1180 g/mol. The normalized spacial score (nSPS) is 51.8. The molecule has 35 atom stereocenters. The molecule has 0 bridgehead atoms. The molecule has 0 radical (unpaired) electrons. The van der Waals surface area contributed by atoms with E-state index < -0.39 is 227 Å². The van der Waals surface area contributed by atoms with Gasteiger partial charge in [0, 0.05) is 10.8 Å². The summed E-state index contributed by atoms with van der Waals surface area (Å²) in [5.41, 5.74) is -2.61. The van der Waals surface area contributed by atoms with E-state index in [0.29, 0.717) is 32.1 Å². The first-order chi connectivity index (χ1) is 41.7. The second-order valence-corrected chi connectivity index (χ2v) is 28.7. The lowest BCUT2D eigenvalue weighted by Gasteiger charge is -2.67. The van der Waals surface area contributed by atoms with Crippen LogP contribution in [0.25, 0.3) is 0 Å². The zero-order chi connectivity index (χ0) is 65.5. The van der Waals surface area contributed by atoms with Crippen molar-refractivity contribution in [1.82, 2.24) is 0 Å². The van der Waals surface area contributed by atoms with Gasteiger partial charge < -0.3 is 144 Å². The molecule has 5 aliphatic heterocycles. The van der Waals surface area contributed by atoms with Crippen LogP contribution in [0.4, 0.5) is 0 Å². The van der Waals surface area contributed by atoms with Crippen molar-refractivity contribution in [2.24, 2.45) is 45.3 Å². The SMILES string of the molecule is C[C@H](CC[C@@H](O[C@@H]1O[C@H](CO[C@@H]2O[C@H](CO)[C@@H](O)[C@H](O)[C@H]2O)[C@@H](O)[C@H](O)[C@H]1O[C@@H]1O[C@H](CO)[C@@H](O)[C@H](O)[C@H]1O)C(C)(C)O)[C@H]1CC[C@@]2(C)[C@@H]3CC=C4C(CC[C@H](O[C@@H]5O[C@H](CO)[C@@H](O)[C@H](O)[C@H]5O[C@@H]5O[C@H](CO)[C@@H](O)[C@H](O)[C@H]5O)C4(C)C)[C@]3(C)[C@H](O)C[C@]12C. The standard InChI is InChI=1S/C60H102O29/c1-23(9-13-35(57(4,5)79)87-55-50(89-53-48(78)43(73)38(68)29(20-63)83-53)45(75)40(70)31(85-55)22-80-51-46(76)41(71)36(66)27(18-61)81-51)24-15-16-58(6)32-12-10-25-26(60(32,8)33(65)17-59(24,58)7)11-14-34(56(25,2)3)86-54-49(44(74)39(69)30(21-64)84-54)88-52-47(77)42(72)37(67)28(19-62)82-52/h10,23-24,26-55,61-79H,9,11-22H2,1-8H3/t23-,24-,26?,27-,28-,29-,30-,31-,32+,33-,34+,35-,36-,37-,38-,39-,40-,41+,42+,43+,44+,45+,46-,47-,48-,49-,50-,51-,52+,53+,54+,55+,58+,59-,60+/m1/s1. The summed E-state index contributed by atoms with van der Waals surface area (Å²) in [7, 11) is 0. The summed E-state index contributed by atoms with van der Waals surface area (Å²) < 4.78 is 60.0. The smallest absolute Gasteiger partial charge is 0.187 e. The van der Waals surface area contributed by atoms with Crippen LogP contribution in [-0.4, -0.2) is 308 Å². The predicted molar refractivity (Wildman–Crippen MR) is 300 cm³/mol. The van der Waals surface area contributed by atoms with Gasteiger partial charge in [0.15, 0.2) is 31.5 Å². The van der Waals surface area contributed by atoms with E-state index in [2.05, 4.69) is 33.8 Å². The number of ether oxygens (including phenoxy) is 10. The van der Waals surface area contributed by atoms with Crippen molar-refractivity contribution in [3.8, 4) is 0 Å². The summed E-state index contributed by atoms with van der Waals surface area (Å²) in [6.07, 6.45) is -38.0. The van der Waals surface area contributed by atoms with Crippen LogP contribution in [0.3, 0.4) is 0 Å². The Morgan fingerprint density at radius 3 is 1.47 bits per heavy atom. The summed E-state index contributed by atoms with van der Waals surface area (Å²) in [6, 6.07) is 0. The third kappa shape index (κ3) is 13.0. The zero-order valence-corrected chi connectivity index (χ0v) is 51.8. The molecule has 0 aromatic heterocycles. The fourth-order valence-corrected chi connectivity index (χ4v) is 17.1. The molecule has 5 saturated heterocycles. The average molecular weight is 1290 g/mol. The van der Waals surface area contributed by atoms with E-state index in [1.54, 1.807) is 0 Å². The van der Waals surface area contributed by atoms with Crippen LogP contribution < -0.4 is 0 Å². The minimum atomic E-state index is -1.96. The predicted octanol–water partition coefficient (Wildman–Crippen LogP) is -5.41. The molecule has 1 unspecified atom stereocenters. The molecule has 19 N–H and O–H groups in total. The average Bonchev–Trinajstić information content (AvgIpc) is 1.68.